The molecule has 4 nitrogen and oxygen atoms in total. The molecule has 0 heterocycles. The molecule has 0 bridgehead atoms. The molecule has 0 saturated heterocycles. The normalized spacial score (nSPS) is 20.0. The van der Waals surface area contributed by atoms with Crippen LogP contribution in [0.5, 0.6) is 0 Å². The van der Waals surface area contributed by atoms with Gasteiger partial charge in [-0.1, -0.05) is 26.0 Å². The summed E-state index contributed by atoms with van der Waals surface area (Å²) < 4.78 is 22.2. The minimum absolute atomic E-state index is 0.109. The first-order valence-electron chi connectivity index (χ1n) is 7.01. The van der Waals surface area contributed by atoms with Crippen LogP contribution in [0.3, 0.4) is 0 Å². The van der Waals surface area contributed by atoms with Crippen LogP contribution in [-0.2, 0) is 20.3 Å². The molecule has 1 aliphatic carbocycles. The third-order valence-electron chi connectivity index (χ3n) is 3.98. The van der Waals surface area contributed by atoms with Gasteiger partial charge in [-0.05, 0) is 42.4 Å². The molecule has 0 aromatic heterocycles. The van der Waals surface area contributed by atoms with Crippen LogP contribution in [0.15, 0.2) is 29.2 Å². The minimum Gasteiger partial charge on any atom is -0.356 e. The molecule has 1 N–H and O–H groups in total. The van der Waals surface area contributed by atoms with Crippen molar-refractivity contribution in [3.05, 3.63) is 29.8 Å². The lowest BCUT2D eigenvalue weighted by molar-refractivity contribution is -0.122. The average Bonchev–Trinajstić information content (AvgIpc) is 3.03. The summed E-state index contributed by atoms with van der Waals surface area (Å²) in [5.41, 5.74) is 1.19. The van der Waals surface area contributed by atoms with Crippen molar-refractivity contribution in [1.29, 1.82) is 0 Å². The molecule has 1 saturated carbocycles. The summed E-state index contributed by atoms with van der Waals surface area (Å²) in [6.07, 6.45) is 2.58. The number of benzene rings is 1. The van der Waals surface area contributed by atoms with E-state index in [-0.39, 0.29) is 22.1 Å². The topological polar surface area (TPSA) is 63.2 Å². The smallest absolute Gasteiger partial charge is 0.261 e. The Morgan fingerprint density at radius 2 is 1.90 bits per heavy atom. The van der Waals surface area contributed by atoms with Crippen molar-refractivity contribution in [2.45, 2.75) is 38.0 Å². The van der Waals surface area contributed by atoms with Gasteiger partial charge in [-0.15, -0.1) is 0 Å². The zero-order valence-corrected chi connectivity index (χ0v) is 13.8. The number of carbonyl (C=O) groups is 1. The van der Waals surface area contributed by atoms with E-state index >= 15 is 0 Å². The molecule has 2 rings (SSSR count). The number of carbonyl (C=O) groups excluding carboxylic acids is 1. The molecule has 1 aromatic carbocycles. The fraction of sp³-hybridized carbons (Fsp3) is 0.533. The number of rotatable bonds is 6. The number of nitrogens with one attached hydrogen (secondary N) is 1. The van der Waals surface area contributed by atoms with E-state index in [1.54, 1.807) is 12.1 Å². The number of hydrogen-bond donors (Lipinski definition) is 1. The van der Waals surface area contributed by atoms with Crippen molar-refractivity contribution in [3.8, 4) is 0 Å². The summed E-state index contributed by atoms with van der Waals surface area (Å²) >= 11 is 0. The largest absolute Gasteiger partial charge is 0.356 e. The average molecular weight is 330 g/mol. The van der Waals surface area contributed by atoms with E-state index in [4.69, 9.17) is 10.7 Å². The monoisotopic (exact) mass is 329 g/mol. The second-order valence-corrected chi connectivity index (χ2v) is 8.79. The van der Waals surface area contributed by atoms with Gasteiger partial charge in [0.2, 0.25) is 5.91 Å². The Bertz CT molecular complexity index is 623. The van der Waals surface area contributed by atoms with Gasteiger partial charge in [0.1, 0.15) is 0 Å². The zero-order chi connectivity index (χ0) is 15.7. The highest BCUT2D eigenvalue weighted by Gasteiger charge is 2.50. The van der Waals surface area contributed by atoms with Gasteiger partial charge in [0.25, 0.3) is 9.05 Å². The molecular formula is C15H20ClNO3S. The van der Waals surface area contributed by atoms with Crippen LogP contribution in [0.1, 0.15) is 32.3 Å². The summed E-state index contributed by atoms with van der Waals surface area (Å²) in [7, 11) is 1.60. The highest BCUT2D eigenvalue weighted by atomic mass is 35.7. The zero-order valence-electron chi connectivity index (χ0n) is 12.2. The van der Waals surface area contributed by atoms with Gasteiger partial charge in [-0.2, -0.15) is 0 Å². The molecule has 6 heteroatoms. The summed E-state index contributed by atoms with van der Waals surface area (Å²) in [6.45, 7) is 4.84. The van der Waals surface area contributed by atoms with Crippen molar-refractivity contribution >= 4 is 25.6 Å². The van der Waals surface area contributed by atoms with Crippen LogP contribution < -0.4 is 5.32 Å². The highest BCUT2D eigenvalue weighted by molar-refractivity contribution is 8.13. The fourth-order valence-electron chi connectivity index (χ4n) is 2.36. The number of amides is 1. The molecular weight excluding hydrogens is 310 g/mol. The lowest BCUT2D eigenvalue weighted by atomic mass is 10.1. The van der Waals surface area contributed by atoms with Gasteiger partial charge in [0.15, 0.2) is 0 Å². The quantitative estimate of drug-likeness (QED) is 0.644. The van der Waals surface area contributed by atoms with Crippen LogP contribution >= 0.6 is 10.7 Å². The van der Waals surface area contributed by atoms with Crippen molar-refractivity contribution in [2.24, 2.45) is 11.3 Å². The Kier molecular flexibility index (Phi) is 4.63. The minimum atomic E-state index is -3.65. The number of aryl methyl sites for hydroxylation is 1. The van der Waals surface area contributed by atoms with Gasteiger partial charge < -0.3 is 5.32 Å². The van der Waals surface area contributed by atoms with Crippen LogP contribution in [-0.4, -0.2) is 20.9 Å². The molecule has 0 spiro atoms. The maximum absolute atomic E-state index is 11.8. The second kappa shape index (κ2) is 5.97. The lowest BCUT2D eigenvalue weighted by Gasteiger charge is -2.07. The molecule has 1 aliphatic rings. The van der Waals surface area contributed by atoms with Crippen molar-refractivity contribution in [2.75, 3.05) is 6.54 Å². The molecule has 116 valence electrons. The molecule has 0 radical (unpaired) electrons. The van der Waals surface area contributed by atoms with E-state index in [2.05, 4.69) is 19.2 Å². The molecule has 1 atom stereocenters. The van der Waals surface area contributed by atoms with Gasteiger partial charge in [-0.25, -0.2) is 8.42 Å². The first-order chi connectivity index (χ1) is 9.70. The van der Waals surface area contributed by atoms with E-state index in [0.29, 0.717) is 6.54 Å². The first-order valence-corrected chi connectivity index (χ1v) is 9.32. The number of halogens is 1. The second-order valence-electron chi connectivity index (χ2n) is 6.22. The van der Waals surface area contributed by atoms with E-state index in [1.807, 2.05) is 0 Å². The maximum atomic E-state index is 11.8. The number of hydrogen-bond acceptors (Lipinski definition) is 3. The molecule has 1 fully saturated rings. The third-order valence-corrected chi connectivity index (χ3v) is 5.35. The molecule has 21 heavy (non-hydrogen) atoms. The van der Waals surface area contributed by atoms with E-state index in [1.165, 1.54) is 12.1 Å². The van der Waals surface area contributed by atoms with Crippen LogP contribution in [0.4, 0.5) is 0 Å². The van der Waals surface area contributed by atoms with Gasteiger partial charge in [0.05, 0.1) is 4.90 Å². The summed E-state index contributed by atoms with van der Waals surface area (Å²) in [5, 5.41) is 2.95. The predicted octanol–water partition coefficient (Wildman–Crippen LogP) is 2.71. The Morgan fingerprint density at radius 3 is 2.38 bits per heavy atom. The summed E-state index contributed by atoms with van der Waals surface area (Å²) in [5.74, 6) is 0.300. The summed E-state index contributed by atoms with van der Waals surface area (Å²) in [4.78, 5) is 11.9. The van der Waals surface area contributed by atoms with Crippen LogP contribution in [0, 0.1) is 11.3 Å². The van der Waals surface area contributed by atoms with Crippen LogP contribution in [0.2, 0.25) is 0 Å². The Balaban J connectivity index is 1.73. The van der Waals surface area contributed by atoms with E-state index in [9.17, 15) is 13.2 Å². The van der Waals surface area contributed by atoms with Gasteiger partial charge in [-0.3, -0.25) is 4.79 Å². The molecule has 1 amide bonds. The van der Waals surface area contributed by atoms with Crippen molar-refractivity contribution in [3.63, 3.8) is 0 Å². The van der Waals surface area contributed by atoms with Gasteiger partial charge in [0, 0.05) is 23.1 Å². The lowest BCUT2D eigenvalue weighted by Crippen LogP contribution is -2.27. The molecule has 0 aliphatic heterocycles. The Hall–Kier alpha value is -1.07. The Morgan fingerprint density at radius 1 is 1.33 bits per heavy atom. The molecule has 1 unspecified atom stereocenters. The van der Waals surface area contributed by atoms with E-state index < -0.39 is 9.05 Å². The highest BCUT2D eigenvalue weighted by Crippen LogP contribution is 2.51. The first kappa shape index (κ1) is 16.3. The summed E-state index contributed by atoms with van der Waals surface area (Å²) in [6, 6.07) is 6.51. The van der Waals surface area contributed by atoms with Crippen molar-refractivity contribution < 1.29 is 13.2 Å². The fourth-order valence-corrected chi connectivity index (χ4v) is 3.13. The maximum Gasteiger partial charge on any atom is 0.261 e. The predicted molar refractivity (Wildman–Crippen MR) is 82.7 cm³/mol. The van der Waals surface area contributed by atoms with Crippen molar-refractivity contribution in [1.82, 2.24) is 5.32 Å². The van der Waals surface area contributed by atoms with Crippen LogP contribution in [0.25, 0.3) is 0 Å². The Labute approximate surface area is 130 Å². The third kappa shape index (κ3) is 4.45. The standard InChI is InChI=1S/C15H20ClNO3S/c1-15(2)10-13(15)14(18)17-9-3-4-11-5-7-12(8-6-11)21(16,19)20/h5-8,13H,3-4,9-10H2,1-2H3,(H,17,18). The SMILES string of the molecule is CC1(C)CC1C(=O)NCCCc1ccc(S(=O)(=O)Cl)cc1. The van der Waals surface area contributed by atoms with Gasteiger partial charge >= 0.3 is 0 Å². The van der Waals surface area contributed by atoms with E-state index in [0.717, 1.165) is 24.8 Å². The molecule has 1 aromatic rings.